The van der Waals surface area contributed by atoms with Crippen LogP contribution in [0.1, 0.15) is 5.76 Å². The number of aromatic nitrogens is 3. The number of ether oxygens (including phenoxy) is 1. The van der Waals surface area contributed by atoms with Crippen molar-refractivity contribution in [2.45, 2.75) is 6.92 Å². The van der Waals surface area contributed by atoms with Crippen molar-refractivity contribution < 1.29 is 9.26 Å². The summed E-state index contributed by atoms with van der Waals surface area (Å²) in [6.45, 7) is 4.99. The quantitative estimate of drug-likeness (QED) is 0.893. The lowest BCUT2D eigenvalue weighted by Crippen LogP contribution is -2.36. The van der Waals surface area contributed by atoms with Gasteiger partial charge in [-0.3, -0.25) is 0 Å². The molecule has 7 heteroatoms. The van der Waals surface area contributed by atoms with E-state index in [2.05, 4.69) is 25.3 Å². The third-order valence-corrected chi connectivity index (χ3v) is 2.84. The first-order valence-corrected chi connectivity index (χ1v) is 6.17. The number of nitrogens with one attached hydrogen (secondary N) is 1. The van der Waals surface area contributed by atoms with Crippen molar-refractivity contribution in [1.82, 2.24) is 15.1 Å². The average molecular weight is 261 g/mol. The standard InChI is InChI=1S/C12H15N5O2/c1-9-8-10(16-19-9)14-12-13-3-2-11(15-12)17-4-6-18-7-5-17/h2-3,8H,4-7H2,1H3,(H,13,14,15,16). The Bertz CT molecular complexity index is 551. The summed E-state index contributed by atoms with van der Waals surface area (Å²) in [7, 11) is 0. The average Bonchev–Trinajstić information content (AvgIpc) is 2.85. The summed E-state index contributed by atoms with van der Waals surface area (Å²) < 4.78 is 10.3. The van der Waals surface area contributed by atoms with Crippen LogP contribution in [0.5, 0.6) is 0 Å². The van der Waals surface area contributed by atoms with Gasteiger partial charge >= 0.3 is 0 Å². The molecule has 2 aromatic rings. The molecule has 1 fully saturated rings. The molecule has 0 atom stereocenters. The van der Waals surface area contributed by atoms with Gasteiger partial charge in [0, 0.05) is 25.4 Å². The zero-order valence-electron chi connectivity index (χ0n) is 10.7. The van der Waals surface area contributed by atoms with E-state index in [0.29, 0.717) is 11.8 Å². The van der Waals surface area contributed by atoms with Crippen LogP contribution in [0.15, 0.2) is 22.9 Å². The van der Waals surface area contributed by atoms with E-state index in [4.69, 9.17) is 9.26 Å². The first-order valence-electron chi connectivity index (χ1n) is 6.17. The van der Waals surface area contributed by atoms with Gasteiger partial charge in [-0.25, -0.2) is 4.98 Å². The Labute approximate surface area is 110 Å². The molecular weight excluding hydrogens is 246 g/mol. The highest BCUT2D eigenvalue weighted by Crippen LogP contribution is 2.17. The van der Waals surface area contributed by atoms with Crippen molar-refractivity contribution in [2.24, 2.45) is 0 Å². The molecule has 7 nitrogen and oxygen atoms in total. The maximum Gasteiger partial charge on any atom is 0.230 e. The predicted octanol–water partition coefficient (Wildman–Crippen LogP) is 1.35. The smallest absolute Gasteiger partial charge is 0.230 e. The SMILES string of the molecule is Cc1cc(Nc2nccc(N3CCOCC3)n2)no1. The third kappa shape index (κ3) is 2.82. The second kappa shape index (κ2) is 5.23. The summed E-state index contributed by atoms with van der Waals surface area (Å²) in [4.78, 5) is 10.8. The van der Waals surface area contributed by atoms with Gasteiger partial charge in [0.05, 0.1) is 13.2 Å². The highest BCUT2D eigenvalue weighted by atomic mass is 16.5. The Morgan fingerprint density at radius 3 is 2.89 bits per heavy atom. The van der Waals surface area contributed by atoms with Crippen molar-refractivity contribution >= 4 is 17.6 Å². The Morgan fingerprint density at radius 2 is 2.16 bits per heavy atom. The van der Waals surface area contributed by atoms with Gasteiger partial charge in [-0.2, -0.15) is 4.98 Å². The highest BCUT2D eigenvalue weighted by molar-refractivity contribution is 5.50. The number of morpholine rings is 1. The molecule has 19 heavy (non-hydrogen) atoms. The van der Waals surface area contributed by atoms with E-state index in [1.54, 1.807) is 12.3 Å². The van der Waals surface area contributed by atoms with Crippen LogP contribution in [0, 0.1) is 6.92 Å². The van der Waals surface area contributed by atoms with Crippen LogP contribution in [-0.2, 0) is 4.74 Å². The van der Waals surface area contributed by atoms with Gasteiger partial charge in [0.2, 0.25) is 5.95 Å². The van der Waals surface area contributed by atoms with Gasteiger partial charge in [0.1, 0.15) is 11.6 Å². The minimum atomic E-state index is 0.511. The molecule has 100 valence electrons. The number of rotatable bonds is 3. The van der Waals surface area contributed by atoms with Crippen molar-refractivity contribution in [3.63, 3.8) is 0 Å². The largest absolute Gasteiger partial charge is 0.378 e. The summed E-state index contributed by atoms with van der Waals surface area (Å²) in [5, 5.41) is 6.87. The van der Waals surface area contributed by atoms with Gasteiger partial charge in [0.15, 0.2) is 5.82 Å². The van der Waals surface area contributed by atoms with Crippen LogP contribution >= 0.6 is 0 Å². The molecule has 0 spiro atoms. The second-order valence-corrected chi connectivity index (χ2v) is 4.29. The summed E-state index contributed by atoms with van der Waals surface area (Å²) in [5.74, 6) is 2.75. The summed E-state index contributed by atoms with van der Waals surface area (Å²) >= 11 is 0. The zero-order chi connectivity index (χ0) is 13.1. The molecule has 1 N–H and O–H groups in total. The fraction of sp³-hybridized carbons (Fsp3) is 0.417. The van der Waals surface area contributed by atoms with Crippen molar-refractivity contribution in [3.8, 4) is 0 Å². The minimum absolute atomic E-state index is 0.511. The molecule has 0 unspecified atom stereocenters. The van der Waals surface area contributed by atoms with Crippen LogP contribution in [0.3, 0.4) is 0 Å². The number of anilines is 3. The van der Waals surface area contributed by atoms with E-state index in [9.17, 15) is 0 Å². The van der Waals surface area contributed by atoms with Crippen LogP contribution in [0.4, 0.5) is 17.6 Å². The number of hydrogen-bond donors (Lipinski definition) is 1. The van der Waals surface area contributed by atoms with E-state index in [1.165, 1.54) is 0 Å². The Morgan fingerprint density at radius 1 is 1.32 bits per heavy atom. The van der Waals surface area contributed by atoms with E-state index < -0.39 is 0 Å². The maximum absolute atomic E-state index is 5.33. The second-order valence-electron chi connectivity index (χ2n) is 4.29. The van der Waals surface area contributed by atoms with Gasteiger partial charge in [-0.1, -0.05) is 5.16 Å². The topological polar surface area (TPSA) is 76.3 Å². The lowest BCUT2D eigenvalue weighted by atomic mass is 10.4. The van der Waals surface area contributed by atoms with Crippen molar-refractivity contribution in [1.29, 1.82) is 0 Å². The van der Waals surface area contributed by atoms with Crippen LogP contribution < -0.4 is 10.2 Å². The van der Waals surface area contributed by atoms with Crippen LogP contribution in [0.2, 0.25) is 0 Å². The maximum atomic E-state index is 5.33. The van der Waals surface area contributed by atoms with Crippen molar-refractivity contribution in [2.75, 3.05) is 36.5 Å². The van der Waals surface area contributed by atoms with Gasteiger partial charge in [-0.15, -0.1) is 0 Å². The normalized spacial score (nSPS) is 15.5. The fourth-order valence-electron chi connectivity index (χ4n) is 1.92. The van der Waals surface area contributed by atoms with E-state index in [0.717, 1.165) is 37.9 Å². The molecule has 0 aromatic carbocycles. The lowest BCUT2D eigenvalue weighted by molar-refractivity contribution is 0.122. The molecule has 1 aliphatic rings. The Hall–Kier alpha value is -2.15. The van der Waals surface area contributed by atoms with Crippen LogP contribution in [0.25, 0.3) is 0 Å². The molecule has 0 bridgehead atoms. The van der Waals surface area contributed by atoms with E-state index >= 15 is 0 Å². The fourth-order valence-corrected chi connectivity index (χ4v) is 1.92. The molecule has 0 amide bonds. The third-order valence-electron chi connectivity index (χ3n) is 2.84. The summed E-state index contributed by atoms with van der Waals surface area (Å²) in [5.41, 5.74) is 0. The molecule has 2 aromatic heterocycles. The number of aryl methyl sites for hydroxylation is 1. The monoisotopic (exact) mass is 261 g/mol. The molecule has 0 saturated carbocycles. The molecule has 3 heterocycles. The first kappa shape index (κ1) is 11.9. The Kier molecular flexibility index (Phi) is 3.28. The molecule has 1 saturated heterocycles. The first-order chi connectivity index (χ1) is 9.31. The predicted molar refractivity (Wildman–Crippen MR) is 69.6 cm³/mol. The molecule has 3 rings (SSSR count). The molecular formula is C12H15N5O2. The highest BCUT2D eigenvalue weighted by Gasteiger charge is 2.13. The van der Waals surface area contributed by atoms with E-state index in [-0.39, 0.29) is 0 Å². The molecule has 0 aliphatic carbocycles. The summed E-state index contributed by atoms with van der Waals surface area (Å²) in [6, 6.07) is 3.69. The summed E-state index contributed by atoms with van der Waals surface area (Å²) in [6.07, 6.45) is 1.73. The Balaban J connectivity index is 1.75. The molecule has 0 radical (unpaired) electrons. The van der Waals surface area contributed by atoms with Gasteiger partial charge < -0.3 is 19.5 Å². The van der Waals surface area contributed by atoms with Gasteiger partial charge in [-0.05, 0) is 13.0 Å². The van der Waals surface area contributed by atoms with Gasteiger partial charge in [0.25, 0.3) is 0 Å². The number of nitrogens with zero attached hydrogens (tertiary/aromatic N) is 4. The van der Waals surface area contributed by atoms with Crippen LogP contribution in [-0.4, -0.2) is 41.4 Å². The zero-order valence-corrected chi connectivity index (χ0v) is 10.7. The minimum Gasteiger partial charge on any atom is -0.378 e. The van der Waals surface area contributed by atoms with E-state index in [1.807, 2.05) is 13.0 Å². The lowest BCUT2D eigenvalue weighted by Gasteiger charge is -2.27. The number of hydrogen-bond acceptors (Lipinski definition) is 7. The van der Waals surface area contributed by atoms with Crippen molar-refractivity contribution in [3.05, 3.63) is 24.1 Å². The molecule has 1 aliphatic heterocycles.